The summed E-state index contributed by atoms with van der Waals surface area (Å²) >= 11 is 1.60. The van der Waals surface area contributed by atoms with E-state index in [1.807, 2.05) is 12.3 Å². The van der Waals surface area contributed by atoms with Gasteiger partial charge in [-0.2, -0.15) is 0 Å². The summed E-state index contributed by atoms with van der Waals surface area (Å²) in [6, 6.07) is 16.6. The van der Waals surface area contributed by atoms with Crippen LogP contribution in [-0.2, 0) is 16.1 Å². The molecule has 3 aromatic carbocycles. The fourth-order valence-corrected chi connectivity index (χ4v) is 5.46. The summed E-state index contributed by atoms with van der Waals surface area (Å²) in [4.78, 5) is 24.0. The molecule has 0 radical (unpaired) electrons. The predicted molar refractivity (Wildman–Crippen MR) is 162 cm³/mol. The zero-order valence-corrected chi connectivity index (χ0v) is 24.3. The minimum absolute atomic E-state index is 0.247. The highest BCUT2D eigenvalue weighted by Gasteiger charge is 2.31. The maximum atomic E-state index is 13.6. The van der Waals surface area contributed by atoms with Gasteiger partial charge in [0.1, 0.15) is 17.2 Å². The van der Waals surface area contributed by atoms with Crippen molar-refractivity contribution in [1.82, 2.24) is 5.32 Å². The number of nitrogens with zero attached hydrogens (tertiary/aromatic N) is 1. The van der Waals surface area contributed by atoms with Gasteiger partial charge in [0.25, 0.3) is 5.91 Å². The van der Waals surface area contributed by atoms with Crippen molar-refractivity contribution >= 4 is 40.5 Å². The highest BCUT2D eigenvalue weighted by Crippen LogP contribution is 2.48. The van der Waals surface area contributed by atoms with E-state index in [0.717, 1.165) is 29.5 Å². The third-order valence-electron chi connectivity index (χ3n) is 7.18. The lowest BCUT2D eigenvalue weighted by atomic mass is 10.0. The first-order valence-corrected chi connectivity index (χ1v) is 15.0. The molecule has 220 valence electrons. The number of rotatable bonds is 14. The lowest BCUT2D eigenvalue weighted by Crippen LogP contribution is -2.22. The van der Waals surface area contributed by atoms with E-state index in [2.05, 4.69) is 15.7 Å². The molecule has 0 atom stereocenters. The summed E-state index contributed by atoms with van der Waals surface area (Å²) in [5.41, 5.74) is 5.03. The number of carboxylic acids is 1. The van der Waals surface area contributed by atoms with Gasteiger partial charge in [-0.05, 0) is 72.4 Å². The summed E-state index contributed by atoms with van der Waals surface area (Å²) in [6.45, 7) is 2.35. The number of benzene rings is 3. The number of anilines is 1. The van der Waals surface area contributed by atoms with Gasteiger partial charge in [-0.25, -0.2) is 9.18 Å². The van der Waals surface area contributed by atoms with Gasteiger partial charge in [-0.3, -0.25) is 4.79 Å². The Hall–Kier alpha value is -3.86. The van der Waals surface area contributed by atoms with Gasteiger partial charge in [0.05, 0.1) is 49.8 Å². The van der Waals surface area contributed by atoms with E-state index in [1.165, 1.54) is 17.7 Å². The minimum atomic E-state index is -0.952. The molecule has 0 aliphatic heterocycles. The number of fused-ring (bicyclic) bond motifs is 1. The largest absolute Gasteiger partial charge is 0.478 e. The summed E-state index contributed by atoms with van der Waals surface area (Å²) in [7, 11) is 1.59. The van der Waals surface area contributed by atoms with Crippen molar-refractivity contribution in [1.29, 1.82) is 0 Å². The number of nitrogens with one attached hydrogen (secondary N) is 1. The number of amides is 1. The molecular formula is C32H33FN2O6S. The Morgan fingerprint density at radius 2 is 1.76 bits per heavy atom. The van der Waals surface area contributed by atoms with Crippen LogP contribution < -0.4 is 9.62 Å². The monoisotopic (exact) mass is 592 g/mol. The van der Waals surface area contributed by atoms with Crippen LogP contribution in [0, 0.1) is 5.82 Å². The average molecular weight is 593 g/mol. The molecule has 1 aromatic heterocycles. The molecule has 10 heteroatoms. The third-order valence-corrected chi connectivity index (χ3v) is 8.00. The molecule has 2 N–H and O–H groups in total. The van der Waals surface area contributed by atoms with E-state index in [4.69, 9.17) is 19.0 Å². The Balaban J connectivity index is 1.26. The van der Waals surface area contributed by atoms with E-state index < -0.39 is 5.97 Å². The average Bonchev–Trinajstić information content (AvgIpc) is 3.78. The molecule has 8 nitrogen and oxygen atoms in total. The van der Waals surface area contributed by atoms with Crippen LogP contribution >= 0.6 is 11.9 Å². The Labute approximate surface area is 247 Å². The van der Waals surface area contributed by atoms with Crippen LogP contribution in [0.2, 0.25) is 0 Å². The van der Waals surface area contributed by atoms with Crippen molar-refractivity contribution in [2.24, 2.45) is 0 Å². The minimum Gasteiger partial charge on any atom is -0.478 e. The molecular weight excluding hydrogens is 559 g/mol. The number of carbonyl (C=O) groups excluding carboxylic acids is 1. The summed E-state index contributed by atoms with van der Waals surface area (Å²) in [5.74, 6) is -0.727. The second-order valence-corrected chi connectivity index (χ2v) is 10.8. The lowest BCUT2D eigenvalue weighted by molar-refractivity contribution is 0.0436. The van der Waals surface area contributed by atoms with Crippen molar-refractivity contribution in [3.63, 3.8) is 0 Å². The van der Waals surface area contributed by atoms with Crippen molar-refractivity contribution < 1.29 is 33.0 Å². The standard InChI is InChI=1S/C32H33FN2O6S/c1-34-31(36)29-26-17-25(21-7-8-21)27(18-28(26)41-30(29)22-9-11-24(33)12-10-22)35(42-2)13-14-39-15-16-40-19-20-3-5-23(6-4-20)32(37)38/h3-6,9-12,17-18,21H,7-8,13-16,19H2,1-2H3,(H,34,36)(H,37,38). The second kappa shape index (κ2) is 13.4. The van der Waals surface area contributed by atoms with Crippen molar-refractivity contribution in [2.45, 2.75) is 25.4 Å². The van der Waals surface area contributed by atoms with E-state index in [9.17, 15) is 14.0 Å². The summed E-state index contributed by atoms with van der Waals surface area (Å²) in [5, 5.41) is 12.5. The van der Waals surface area contributed by atoms with Crippen LogP contribution in [0.15, 0.2) is 65.1 Å². The first kappa shape index (κ1) is 29.6. The molecule has 1 saturated carbocycles. The molecule has 5 rings (SSSR count). The molecule has 1 aliphatic rings. The van der Waals surface area contributed by atoms with Crippen LogP contribution in [0.1, 0.15) is 50.6 Å². The van der Waals surface area contributed by atoms with Gasteiger partial charge in [0.15, 0.2) is 0 Å². The van der Waals surface area contributed by atoms with E-state index in [-0.39, 0.29) is 17.3 Å². The van der Waals surface area contributed by atoms with Crippen LogP contribution in [0.3, 0.4) is 0 Å². The van der Waals surface area contributed by atoms with Crippen molar-refractivity contribution in [3.05, 3.63) is 88.7 Å². The molecule has 0 unspecified atom stereocenters. The number of ether oxygens (including phenoxy) is 2. The molecule has 42 heavy (non-hydrogen) atoms. The molecule has 0 saturated heterocycles. The Kier molecular flexibility index (Phi) is 9.46. The summed E-state index contributed by atoms with van der Waals surface area (Å²) < 4.78 is 33.6. The molecule has 1 amide bonds. The zero-order chi connectivity index (χ0) is 29.6. The van der Waals surface area contributed by atoms with Crippen molar-refractivity contribution in [3.8, 4) is 11.3 Å². The van der Waals surface area contributed by atoms with Gasteiger partial charge in [-0.15, -0.1) is 0 Å². The zero-order valence-electron chi connectivity index (χ0n) is 23.5. The van der Waals surface area contributed by atoms with Gasteiger partial charge in [0.2, 0.25) is 0 Å². The molecule has 0 spiro atoms. The number of aromatic carboxylic acids is 1. The van der Waals surface area contributed by atoms with Gasteiger partial charge < -0.3 is 28.6 Å². The third kappa shape index (κ3) is 6.78. The SMILES string of the molecule is CNC(=O)c1c(-c2ccc(F)cc2)oc2cc(N(CCOCCOCc3ccc(C(=O)O)cc3)SC)c(C3CC3)cc12. The fourth-order valence-electron chi connectivity index (χ4n) is 4.85. The quantitative estimate of drug-likeness (QED) is 0.127. The van der Waals surface area contributed by atoms with Crippen LogP contribution in [-0.4, -0.2) is 56.7 Å². The topological polar surface area (TPSA) is 101 Å². The summed E-state index contributed by atoms with van der Waals surface area (Å²) in [6.07, 6.45) is 4.19. The number of hydrogen-bond acceptors (Lipinski definition) is 7. The highest BCUT2D eigenvalue weighted by atomic mass is 32.2. The van der Waals surface area contributed by atoms with Crippen molar-refractivity contribution in [2.75, 3.05) is 44.0 Å². The molecule has 1 aliphatic carbocycles. The predicted octanol–water partition coefficient (Wildman–Crippen LogP) is 6.49. The Morgan fingerprint density at radius 3 is 2.40 bits per heavy atom. The number of furan rings is 1. The molecule has 4 aromatic rings. The van der Waals surface area contributed by atoms with Crippen LogP contribution in [0.4, 0.5) is 10.1 Å². The number of hydrogen-bond donors (Lipinski definition) is 2. The first-order chi connectivity index (χ1) is 20.4. The normalized spacial score (nSPS) is 12.9. The highest BCUT2D eigenvalue weighted by molar-refractivity contribution is 7.99. The molecule has 0 bridgehead atoms. The first-order valence-electron chi connectivity index (χ1n) is 13.8. The lowest BCUT2D eigenvalue weighted by Gasteiger charge is -2.24. The van der Waals surface area contributed by atoms with Gasteiger partial charge in [0, 0.05) is 30.3 Å². The fraction of sp³-hybridized carbons (Fsp3) is 0.312. The second-order valence-electron chi connectivity index (χ2n) is 10.0. The maximum Gasteiger partial charge on any atom is 0.335 e. The van der Waals surface area contributed by atoms with Gasteiger partial charge in [-0.1, -0.05) is 24.1 Å². The number of carboxylic acid groups (broad SMARTS) is 1. The van der Waals surface area contributed by atoms with Gasteiger partial charge >= 0.3 is 5.97 Å². The number of halogens is 1. The van der Waals surface area contributed by atoms with Crippen LogP contribution in [0.25, 0.3) is 22.3 Å². The molecule has 1 heterocycles. The molecule has 1 fully saturated rings. The maximum absolute atomic E-state index is 13.6. The Morgan fingerprint density at radius 1 is 1.05 bits per heavy atom. The van der Waals surface area contributed by atoms with Crippen LogP contribution in [0.5, 0.6) is 0 Å². The van der Waals surface area contributed by atoms with E-state index in [1.54, 1.807) is 55.4 Å². The van der Waals surface area contributed by atoms with E-state index >= 15 is 0 Å². The number of carbonyl (C=O) groups is 2. The smallest absolute Gasteiger partial charge is 0.335 e. The van der Waals surface area contributed by atoms with E-state index in [0.29, 0.717) is 61.4 Å². The Bertz CT molecular complexity index is 1550.